The van der Waals surface area contributed by atoms with Crippen LogP contribution in [0.15, 0.2) is 0 Å². The first-order chi connectivity index (χ1) is 8.08. The highest BCUT2D eigenvalue weighted by molar-refractivity contribution is 5.78. The van der Waals surface area contributed by atoms with Gasteiger partial charge in [-0.2, -0.15) is 0 Å². The van der Waals surface area contributed by atoms with Gasteiger partial charge in [0.25, 0.3) is 0 Å². The Morgan fingerprint density at radius 1 is 1.41 bits per heavy atom. The average Bonchev–Trinajstić information content (AvgIpc) is 2.73. The predicted molar refractivity (Wildman–Crippen MR) is 68.9 cm³/mol. The normalized spacial score (nSPS) is 26.0. The molecule has 1 aliphatic carbocycles. The molecule has 1 aliphatic heterocycles. The van der Waals surface area contributed by atoms with Gasteiger partial charge in [-0.15, -0.1) is 0 Å². The summed E-state index contributed by atoms with van der Waals surface area (Å²) in [7, 11) is 0. The fourth-order valence-electron chi connectivity index (χ4n) is 2.83. The molecule has 0 unspecified atom stereocenters. The highest BCUT2D eigenvalue weighted by Gasteiger charge is 2.31. The maximum absolute atomic E-state index is 12.0. The van der Waals surface area contributed by atoms with E-state index < -0.39 is 0 Å². The quantitative estimate of drug-likeness (QED) is 0.763. The summed E-state index contributed by atoms with van der Waals surface area (Å²) in [5.41, 5.74) is 0.0886. The smallest absolute Gasteiger partial charge is 0.234 e. The Balaban J connectivity index is 1.80. The van der Waals surface area contributed by atoms with Crippen molar-refractivity contribution in [1.29, 1.82) is 0 Å². The molecule has 2 rings (SSSR count). The van der Waals surface area contributed by atoms with Gasteiger partial charge in [0.2, 0.25) is 5.91 Å². The van der Waals surface area contributed by atoms with Crippen molar-refractivity contribution in [2.45, 2.75) is 51.1 Å². The zero-order chi connectivity index (χ0) is 12.3. The molecule has 98 valence electrons. The van der Waals surface area contributed by atoms with E-state index in [0.29, 0.717) is 12.6 Å². The van der Waals surface area contributed by atoms with Gasteiger partial charge in [-0.1, -0.05) is 12.8 Å². The van der Waals surface area contributed by atoms with Gasteiger partial charge in [-0.3, -0.25) is 9.69 Å². The predicted octanol–water partition coefficient (Wildman–Crippen LogP) is 0.729. The van der Waals surface area contributed by atoms with Crippen molar-refractivity contribution >= 4 is 5.91 Å². The molecule has 2 aliphatic rings. The minimum absolute atomic E-state index is 0.0886. The van der Waals surface area contributed by atoms with Crippen molar-refractivity contribution in [1.82, 2.24) is 15.5 Å². The molecule has 1 saturated heterocycles. The lowest BCUT2D eigenvalue weighted by Crippen LogP contribution is -2.60. The van der Waals surface area contributed by atoms with Crippen molar-refractivity contribution < 1.29 is 4.79 Å². The molecule has 1 amide bonds. The van der Waals surface area contributed by atoms with E-state index in [1.165, 1.54) is 12.8 Å². The standard InChI is InChI=1S/C13H25N3O/c1-13(2)10-14-7-8-16(13)9-12(17)15-11-5-3-4-6-11/h11,14H,3-10H2,1-2H3,(H,15,17). The summed E-state index contributed by atoms with van der Waals surface area (Å²) in [5, 5.41) is 6.54. The number of piperazine rings is 1. The molecule has 0 radical (unpaired) electrons. The van der Waals surface area contributed by atoms with Gasteiger partial charge in [0, 0.05) is 31.2 Å². The van der Waals surface area contributed by atoms with Gasteiger partial charge in [0.1, 0.15) is 0 Å². The minimum Gasteiger partial charge on any atom is -0.352 e. The lowest BCUT2D eigenvalue weighted by atomic mass is 10.0. The third kappa shape index (κ3) is 3.42. The van der Waals surface area contributed by atoms with Crippen molar-refractivity contribution in [2.24, 2.45) is 0 Å². The first kappa shape index (κ1) is 12.8. The first-order valence-electron chi connectivity index (χ1n) is 6.83. The number of hydrogen-bond acceptors (Lipinski definition) is 3. The third-order valence-electron chi connectivity index (χ3n) is 4.03. The summed E-state index contributed by atoms with van der Waals surface area (Å²) in [6.07, 6.45) is 4.86. The van der Waals surface area contributed by atoms with E-state index in [9.17, 15) is 4.79 Å². The summed E-state index contributed by atoms with van der Waals surface area (Å²) in [5.74, 6) is 0.201. The topological polar surface area (TPSA) is 44.4 Å². The highest BCUT2D eigenvalue weighted by Crippen LogP contribution is 2.18. The van der Waals surface area contributed by atoms with Crippen molar-refractivity contribution in [2.75, 3.05) is 26.2 Å². The van der Waals surface area contributed by atoms with Gasteiger partial charge in [0.15, 0.2) is 0 Å². The summed E-state index contributed by atoms with van der Waals surface area (Å²) in [6, 6.07) is 0.438. The summed E-state index contributed by atoms with van der Waals surface area (Å²) in [6.45, 7) is 7.85. The molecule has 1 saturated carbocycles. The Morgan fingerprint density at radius 2 is 2.12 bits per heavy atom. The second-order valence-electron chi connectivity index (χ2n) is 5.96. The molecule has 0 aromatic carbocycles. The fraction of sp³-hybridized carbons (Fsp3) is 0.923. The molecule has 0 aromatic rings. The van der Waals surface area contributed by atoms with Gasteiger partial charge in [0.05, 0.1) is 6.54 Å². The largest absolute Gasteiger partial charge is 0.352 e. The lowest BCUT2D eigenvalue weighted by Gasteiger charge is -2.42. The van der Waals surface area contributed by atoms with Crippen molar-refractivity contribution in [3.63, 3.8) is 0 Å². The first-order valence-corrected chi connectivity index (χ1v) is 6.83. The van der Waals surface area contributed by atoms with Crippen LogP contribution in [0.25, 0.3) is 0 Å². The Kier molecular flexibility index (Phi) is 4.05. The Hall–Kier alpha value is -0.610. The fourth-order valence-corrected chi connectivity index (χ4v) is 2.83. The second kappa shape index (κ2) is 5.36. The zero-order valence-corrected chi connectivity index (χ0v) is 11.1. The van der Waals surface area contributed by atoms with Crippen LogP contribution in [-0.4, -0.2) is 48.6 Å². The molecule has 1 heterocycles. The van der Waals surface area contributed by atoms with E-state index in [0.717, 1.165) is 32.5 Å². The number of hydrogen-bond donors (Lipinski definition) is 2. The van der Waals surface area contributed by atoms with E-state index in [4.69, 9.17) is 0 Å². The van der Waals surface area contributed by atoms with E-state index in [1.54, 1.807) is 0 Å². The van der Waals surface area contributed by atoms with Crippen molar-refractivity contribution in [3.05, 3.63) is 0 Å². The van der Waals surface area contributed by atoms with Crippen LogP contribution >= 0.6 is 0 Å². The van der Waals surface area contributed by atoms with Gasteiger partial charge in [-0.25, -0.2) is 0 Å². The van der Waals surface area contributed by atoms with E-state index >= 15 is 0 Å². The molecule has 17 heavy (non-hydrogen) atoms. The van der Waals surface area contributed by atoms with Gasteiger partial charge >= 0.3 is 0 Å². The zero-order valence-electron chi connectivity index (χ0n) is 11.1. The molecule has 0 spiro atoms. The van der Waals surface area contributed by atoms with E-state index in [2.05, 4.69) is 29.4 Å². The summed E-state index contributed by atoms with van der Waals surface area (Å²) in [4.78, 5) is 14.3. The number of nitrogens with one attached hydrogen (secondary N) is 2. The van der Waals surface area contributed by atoms with Crippen LogP contribution in [-0.2, 0) is 4.79 Å². The Bertz CT molecular complexity index is 272. The Morgan fingerprint density at radius 3 is 2.76 bits per heavy atom. The van der Waals surface area contributed by atoms with Crippen LogP contribution in [0.1, 0.15) is 39.5 Å². The molecular weight excluding hydrogens is 214 g/mol. The lowest BCUT2D eigenvalue weighted by molar-refractivity contribution is -0.124. The van der Waals surface area contributed by atoms with Crippen LogP contribution in [0, 0.1) is 0 Å². The van der Waals surface area contributed by atoms with Crippen LogP contribution in [0.4, 0.5) is 0 Å². The minimum atomic E-state index is 0.0886. The SMILES string of the molecule is CC1(C)CNCCN1CC(=O)NC1CCCC1. The summed E-state index contributed by atoms with van der Waals surface area (Å²) >= 11 is 0. The van der Waals surface area contributed by atoms with Gasteiger partial charge in [-0.05, 0) is 26.7 Å². The molecule has 4 heteroatoms. The van der Waals surface area contributed by atoms with Crippen LogP contribution in [0.5, 0.6) is 0 Å². The van der Waals surface area contributed by atoms with E-state index in [1.807, 2.05) is 0 Å². The van der Waals surface area contributed by atoms with Crippen LogP contribution in [0.3, 0.4) is 0 Å². The molecule has 0 aromatic heterocycles. The monoisotopic (exact) mass is 239 g/mol. The molecule has 2 N–H and O–H groups in total. The van der Waals surface area contributed by atoms with Crippen LogP contribution < -0.4 is 10.6 Å². The average molecular weight is 239 g/mol. The second-order valence-corrected chi connectivity index (χ2v) is 5.96. The molecule has 2 fully saturated rings. The molecular formula is C13H25N3O. The number of amides is 1. The number of rotatable bonds is 3. The van der Waals surface area contributed by atoms with Crippen LogP contribution in [0.2, 0.25) is 0 Å². The highest BCUT2D eigenvalue weighted by atomic mass is 16.2. The Labute approximate surface area is 104 Å². The maximum Gasteiger partial charge on any atom is 0.234 e. The number of carbonyl (C=O) groups is 1. The summed E-state index contributed by atoms with van der Waals surface area (Å²) < 4.78 is 0. The van der Waals surface area contributed by atoms with E-state index in [-0.39, 0.29) is 11.4 Å². The third-order valence-corrected chi connectivity index (χ3v) is 4.03. The van der Waals surface area contributed by atoms with Crippen molar-refractivity contribution in [3.8, 4) is 0 Å². The number of carbonyl (C=O) groups excluding carboxylic acids is 1. The maximum atomic E-state index is 12.0. The molecule has 0 bridgehead atoms. The molecule has 0 atom stereocenters. The molecule has 4 nitrogen and oxygen atoms in total. The number of nitrogens with zero attached hydrogens (tertiary/aromatic N) is 1. The van der Waals surface area contributed by atoms with Gasteiger partial charge < -0.3 is 10.6 Å².